The summed E-state index contributed by atoms with van der Waals surface area (Å²) in [6, 6.07) is 4.74. The van der Waals surface area contributed by atoms with Crippen LogP contribution in [0.2, 0.25) is 0 Å². The van der Waals surface area contributed by atoms with E-state index in [1.54, 1.807) is 18.3 Å². The third-order valence-corrected chi connectivity index (χ3v) is 9.59. The second kappa shape index (κ2) is 15.9. The smallest absolute Gasteiger partial charge is 0.263 e. The van der Waals surface area contributed by atoms with Gasteiger partial charge in [0.05, 0.1) is 48.8 Å². The van der Waals surface area contributed by atoms with Crippen molar-refractivity contribution in [1.29, 1.82) is 0 Å². The summed E-state index contributed by atoms with van der Waals surface area (Å²) in [4.78, 5) is 50.6. The van der Waals surface area contributed by atoms with Gasteiger partial charge in [0.15, 0.2) is 6.29 Å². The van der Waals surface area contributed by atoms with Crippen LogP contribution in [-0.4, -0.2) is 145 Å². The molecule has 53 heavy (non-hydrogen) atoms. The van der Waals surface area contributed by atoms with E-state index in [-0.39, 0.29) is 60.4 Å². The van der Waals surface area contributed by atoms with E-state index >= 15 is 0 Å². The van der Waals surface area contributed by atoms with Crippen molar-refractivity contribution in [3.05, 3.63) is 66.5 Å². The van der Waals surface area contributed by atoms with Crippen molar-refractivity contribution >= 4 is 21.5 Å². The lowest BCUT2D eigenvalue weighted by molar-refractivity contribution is -0.301. The van der Waals surface area contributed by atoms with Gasteiger partial charge < -0.3 is 44.8 Å². The molecule has 5 atom stereocenters. The Morgan fingerprint density at radius 3 is 2.23 bits per heavy atom. The Morgan fingerprint density at radius 2 is 1.55 bits per heavy atom. The SMILES string of the molecule is CN(C)CCCn1c(O)c2ccc3c4c2c(c(=NCc2cn(CCO[C@H]5O[C@H](CO)[C@@H](O)[C@H](O)[C@@H]5O)nn2)cc-4c(=O)n(CCCN(C)C)c3=O)c1=O. The summed E-state index contributed by atoms with van der Waals surface area (Å²) in [7, 11) is 7.64. The first kappa shape index (κ1) is 38.3. The first-order valence-electron chi connectivity index (χ1n) is 17.5. The predicted octanol–water partition coefficient (Wildman–Crippen LogP) is -2.23. The lowest BCUT2D eigenvalue weighted by Crippen LogP contribution is -2.59. The fraction of sp³-hybridized carbons (Fsp3) is 0.543. The zero-order chi connectivity index (χ0) is 38.1. The molecule has 1 aromatic carbocycles. The molecule has 0 amide bonds. The average Bonchev–Trinajstić information content (AvgIpc) is 3.58. The number of pyridine rings is 2. The van der Waals surface area contributed by atoms with E-state index in [9.17, 15) is 39.9 Å². The van der Waals surface area contributed by atoms with E-state index in [0.29, 0.717) is 48.0 Å². The molecule has 0 spiro atoms. The molecular formula is C35H46N8O10. The molecule has 0 unspecified atom stereocenters. The minimum atomic E-state index is -1.57. The molecule has 3 aliphatic rings. The fourth-order valence-corrected chi connectivity index (χ4v) is 6.84. The lowest BCUT2D eigenvalue weighted by Gasteiger charge is -2.39. The van der Waals surface area contributed by atoms with Crippen LogP contribution in [0, 0.1) is 0 Å². The van der Waals surface area contributed by atoms with Crippen molar-refractivity contribution in [3.8, 4) is 17.0 Å². The number of benzene rings is 2. The Morgan fingerprint density at radius 1 is 0.868 bits per heavy atom. The van der Waals surface area contributed by atoms with Crippen molar-refractivity contribution in [2.24, 2.45) is 4.99 Å². The molecule has 0 radical (unpaired) electrons. The van der Waals surface area contributed by atoms with E-state index in [1.807, 2.05) is 38.0 Å². The molecule has 3 aromatic rings. The Balaban J connectivity index is 1.36. The maximum Gasteiger partial charge on any atom is 0.263 e. The van der Waals surface area contributed by atoms with Gasteiger partial charge in [0.1, 0.15) is 30.1 Å². The first-order chi connectivity index (χ1) is 25.3. The summed E-state index contributed by atoms with van der Waals surface area (Å²) in [5.74, 6) is -0.252. The molecule has 1 fully saturated rings. The van der Waals surface area contributed by atoms with E-state index in [2.05, 4.69) is 10.3 Å². The summed E-state index contributed by atoms with van der Waals surface area (Å²) in [6.07, 6.45) is -4.26. The Labute approximate surface area is 303 Å². The average molecular weight is 739 g/mol. The van der Waals surface area contributed by atoms with Gasteiger partial charge in [0.2, 0.25) is 5.88 Å². The van der Waals surface area contributed by atoms with Crippen LogP contribution in [0.5, 0.6) is 5.88 Å². The number of ether oxygens (including phenoxy) is 2. The number of rotatable bonds is 15. The Kier molecular flexibility index (Phi) is 11.5. The third kappa shape index (κ3) is 7.54. The van der Waals surface area contributed by atoms with Crippen LogP contribution in [0.4, 0.5) is 0 Å². The standard InChI is InChI=1S/C35H46N8O10/c1-39(2)9-5-11-42-31(48)20-7-8-21-26-25(20)22(33(42)50)15-23(27(26)34(51)43(32(21)49)12-6-10-40(3)4)36-16-19-17-41(38-37-19)13-14-52-35-30(47)29(46)28(45)24(18-44)53-35/h7-8,15,17,24,28-30,35,44-47,49H,5-6,9-14,16,18H2,1-4H3/t24-,28-,29+,30+,35+/m1/s1. The van der Waals surface area contributed by atoms with Gasteiger partial charge in [-0.05, 0) is 72.3 Å². The number of aliphatic hydroxyl groups excluding tert-OH is 4. The quantitative estimate of drug-likeness (QED) is 0.0717. The molecule has 4 heterocycles. The molecule has 6 rings (SSSR count). The van der Waals surface area contributed by atoms with Gasteiger partial charge in [-0.25, -0.2) is 4.68 Å². The molecule has 2 aromatic heterocycles. The summed E-state index contributed by atoms with van der Waals surface area (Å²) < 4.78 is 14.9. The number of aromatic nitrogens is 5. The largest absolute Gasteiger partial charge is 0.494 e. The summed E-state index contributed by atoms with van der Waals surface area (Å²) in [6.45, 7) is 1.27. The van der Waals surface area contributed by atoms with Crippen LogP contribution in [0.3, 0.4) is 0 Å². The van der Waals surface area contributed by atoms with Crippen LogP contribution in [-0.2, 0) is 35.7 Å². The van der Waals surface area contributed by atoms with Crippen molar-refractivity contribution in [1.82, 2.24) is 33.9 Å². The van der Waals surface area contributed by atoms with Gasteiger partial charge in [-0.1, -0.05) is 5.21 Å². The minimum absolute atomic E-state index is 0.0318. The monoisotopic (exact) mass is 738 g/mol. The van der Waals surface area contributed by atoms with Crippen molar-refractivity contribution in [2.75, 3.05) is 54.5 Å². The van der Waals surface area contributed by atoms with Crippen LogP contribution in [0.15, 0.2) is 43.8 Å². The van der Waals surface area contributed by atoms with E-state index in [0.717, 1.165) is 0 Å². The van der Waals surface area contributed by atoms with Crippen molar-refractivity contribution < 1.29 is 35.0 Å². The Bertz CT molecular complexity index is 2250. The number of hydrogen-bond acceptors (Lipinski definition) is 15. The van der Waals surface area contributed by atoms with Gasteiger partial charge in [0.25, 0.3) is 16.7 Å². The molecule has 5 N–H and O–H groups in total. The fourth-order valence-electron chi connectivity index (χ4n) is 6.84. The number of hydrogen-bond donors (Lipinski definition) is 5. The van der Waals surface area contributed by atoms with Gasteiger partial charge in [-0.3, -0.25) is 28.5 Å². The molecule has 18 nitrogen and oxygen atoms in total. The zero-order valence-corrected chi connectivity index (χ0v) is 30.1. The highest BCUT2D eigenvalue weighted by atomic mass is 16.7. The van der Waals surface area contributed by atoms with Crippen LogP contribution in [0.25, 0.3) is 32.7 Å². The Hall–Kier alpha value is -4.40. The third-order valence-electron chi connectivity index (χ3n) is 9.59. The summed E-state index contributed by atoms with van der Waals surface area (Å²) >= 11 is 0. The second-order valence-corrected chi connectivity index (χ2v) is 13.9. The topological polar surface area (TPSA) is 230 Å². The van der Waals surface area contributed by atoms with Gasteiger partial charge >= 0.3 is 0 Å². The highest BCUT2D eigenvalue weighted by Crippen LogP contribution is 2.36. The number of aromatic hydroxyl groups is 1. The molecule has 286 valence electrons. The maximum atomic E-state index is 14.2. The number of nitrogens with zero attached hydrogens (tertiary/aromatic N) is 8. The molecule has 18 heteroatoms. The molecule has 0 bridgehead atoms. The van der Waals surface area contributed by atoms with Gasteiger partial charge in [0, 0.05) is 34.8 Å². The highest BCUT2D eigenvalue weighted by molar-refractivity contribution is 6.15. The van der Waals surface area contributed by atoms with E-state index in [1.165, 1.54) is 19.9 Å². The molecule has 2 aliphatic heterocycles. The molecule has 0 saturated carbocycles. The van der Waals surface area contributed by atoms with E-state index < -0.39 is 54.0 Å². The minimum Gasteiger partial charge on any atom is -0.494 e. The highest BCUT2D eigenvalue weighted by Gasteiger charge is 2.44. The van der Waals surface area contributed by atoms with Gasteiger partial charge in [-0.15, -0.1) is 5.10 Å². The maximum absolute atomic E-state index is 14.2. The second-order valence-electron chi connectivity index (χ2n) is 13.9. The zero-order valence-electron chi connectivity index (χ0n) is 30.1. The molecular weight excluding hydrogens is 692 g/mol. The van der Waals surface area contributed by atoms with Crippen molar-refractivity contribution in [2.45, 2.75) is 69.7 Å². The normalized spacial score (nSPS) is 21.4. The van der Waals surface area contributed by atoms with Gasteiger partial charge in [-0.2, -0.15) is 0 Å². The van der Waals surface area contributed by atoms with Crippen LogP contribution < -0.4 is 22.0 Å². The van der Waals surface area contributed by atoms with Crippen LogP contribution >= 0.6 is 0 Å². The first-order valence-corrected chi connectivity index (χ1v) is 17.5. The summed E-state index contributed by atoms with van der Waals surface area (Å²) in [5.41, 5.74) is -0.533. The van der Waals surface area contributed by atoms with Crippen molar-refractivity contribution in [3.63, 3.8) is 0 Å². The summed E-state index contributed by atoms with van der Waals surface area (Å²) in [5, 5.41) is 60.6. The predicted molar refractivity (Wildman–Crippen MR) is 192 cm³/mol. The molecule has 1 saturated heterocycles. The number of aliphatic hydroxyl groups is 4. The van der Waals surface area contributed by atoms with Crippen LogP contribution in [0.1, 0.15) is 18.5 Å². The molecule has 1 aliphatic carbocycles. The lowest BCUT2D eigenvalue weighted by atomic mass is 9.90. The van der Waals surface area contributed by atoms with E-state index in [4.69, 9.17) is 14.5 Å².